The molecular weight excluding hydrogens is 479 g/mol. The number of rotatable bonds is 7. The standard InChI is InChI=1S/C17H13BrF3N3O4S/c1-2-8-24(10-15-22-23-16(28-15)13-6-7-14(18)27-13)29(25,26)12-5-3-4-11(9-12)17(19,20)21/h2-7,9H,1,8,10H2. The van der Waals surface area contributed by atoms with Crippen molar-refractivity contribution >= 4 is 26.0 Å². The van der Waals surface area contributed by atoms with E-state index >= 15 is 0 Å². The molecule has 7 nitrogen and oxygen atoms in total. The summed E-state index contributed by atoms with van der Waals surface area (Å²) in [6.07, 6.45) is -3.38. The van der Waals surface area contributed by atoms with Gasteiger partial charge >= 0.3 is 6.18 Å². The first-order valence-corrected chi connectivity index (χ1v) is 10.2. The number of benzene rings is 1. The predicted molar refractivity (Wildman–Crippen MR) is 98.9 cm³/mol. The average molecular weight is 492 g/mol. The monoisotopic (exact) mass is 491 g/mol. The molecule has 154 valence electrons. The Labute approximate surface area is 172 Å². The van der Waals surface area contributed by atoms with Crippen LogP contribution in [-0.4, -0.2) is 29.5 Å². The molecule has 29 heavy (non-hydrogen) atoms. The zero-order valence-corrected chi connectivity index (χ0v) is 17.0. The van der Waals surface area contributed by atoms with Crippen LogP contribution in [0.2, 0.25) is 0 Å². The molecule has 0 aliphatic carbocycles. The third kappa shape index (κ3) is 4.77. The van der Waals surface area contributed by atoms with Crippen molar-refractivity contribution in [3.05, 3.63) is 65.2 Å². The van der Waals surface area contributed by atoms with E-state index in [9.17, 15) is 21.6 Å². The molecule has 0 fully saturated rings. The smallest absolute Gasteiger partial charge is 0.416 e. The number of furan rings is 1. The Bertz CT molecular complexity index is 1120. The van der Waals surface area contributed by atoms with Crippen LogP contribution in [0.4, 0.5) is 13.2 Å². The van der Waals surface area contributed by atoms with Crippen molar-refractivity contribution in [2.75, 3.05) is 6.54 Å². The lowest BCUT2D eigenvalue weighted by Gasteiger charge is -2.19. The molecule has 0 amide bonds. The van der Waals surface area contributed by atoms with Crippen LogP contribution < -0.4 is 0 Å². The highest BCUT2D eigenvalue weighted by Gasteiger charge is 2.33. The van der Waals surface area contributed by atoms with Gasteiger partial charge in [-0.2, -0.15) is 17.5 Å². The average Bonchev–Trinajstić information content (AvgIpc) is 3.29. The van der Waals surface area contributed by atoms with E-state index in [1.165, 1.54) is 6.08 Å². The Kier molecular flexibility index (Phi) is 5.96. The van der Waals surface area contributed by atoms with Crippen molar-refractivity contribution in [3.63, 3.8) is 0 Å². The molecule has 3 rings (SSSR count). The number of hydrogen-bond acceptors (Lipinski definition) is 6. The minimum Gasteiger partial charge on any atom is -0.444 e. The van der Waals surface area contributed by atoms with E-state index in [0.29, 0.717) is 10.7 Å². The fraction of sp³-hybridized carbons (Fsp3) is 0.176. The van der Waals surface area contributed by atoms with Crippen LogP contribution in [0.5, 0.6) is 0 Å². The molecule has 0 spiro atoms. The first-order valence-electron chi connectivity index (χ1n) is 7.97. The van der Waals surface area contributed by atoms with E-state index in [2.05, 4.69) is 32.7 Å². The molecule has 2 aromatic heterocycles. The summed E-state index contributed by atoms with van der Waals surface area (Å²) in [4.78, 5) is -0.510. The van der Waals surface area contributed by atoms with Gasteiger partial charge in [0.15, 0.2) is 10.4 Å². The van der Waals surface area contributed by atoms with Gasteiger partial charge < -0.3 is 8.83 Å². The highest BCUT2D eigenvalue weighted by molar-refractivity contribution is 9.10. The summed E-state index contributed by atoms with van der Waals surface area (Å²) in [7, 11) is -4.29. The highest BCUT2D eigenvalue weighted by atomic mass is 79.9. The molecule has 0 saturated carbocycles. The van der Waals surface area contributed by atoms with Crippen LogP contribution in [0, 0.1) is 0 Å². The number of aromatic nitrogens is 2. The second-order valence-corrected chi connectivity index (χ2v) is 8.44. The zero-order chi connectivity index (χ0) is 21.2. The summed E-state index contributed by atoms with van der Waals surface area (Å²) >= 11 is 3.13. The van der Waals surface area contributed by atoms with Gasteiger partial charge in [0.25, 0.3) is 5.89 Å². The van der Waals surface area contributed by atoms with Crippen LogP contribution in [0.15, 0.2) is 67.5 Å². The van der Waals surface area contributed by atoms with Crippen molar-refractivity contribution in [2.24, 2.45) is 0 Å². The lowest BCUT2D eigenvalue weighted by molar-refractivity contribution is -0.137. The molecule has 0 aliphatic heterocycles. The summed E-state index contributed by atoms with van der Waals surface area (Å²) in [5.41, 5.74) is -1.07. The van der Waals surface area contributed by atoms with Gasteiger partial charge in [-0.25, -0.2) is 8.42 Å². The van der Waals surface area contributed by atoms with Gasteiger partial charge in [0.1, 0.15) is 0 Å². The Morgan fingerprint density at radius 1 is 1.17 bits per heavy atom. The molecule has 0 N–H and O–H groups in total. The van der Waals surface area contributed by atoms with Crippen molar-refractivity contribution in [1.29, 1.82) is 0 Å². The predicted octanol–water partition coefficient (Wildman–Crippen LogP) is 4.49. The van der Waals surface area contributed by atoms with Gasteiger partial charge in [-0.15, -0.1) is 16.8 Å². The molecule has 0 aliphatic rings. The topological polar surface area (TPSA) is 89.4 Å². The minimum atomic E-state index is -4.67. The van der Waals surface area contributed by atoms with Crippen LogP contribution in [-0.2, 0) is 22.7 Å². The van der Waals surface area contributed by atoms with E-state index in [0.717, 1.165) is 22.5 Å². The quantitative estimate of drug-likeness (QED) is 0.452. The zero-order valence-electron chi connectivity index (χ0n) is 14.6. The second kappa shape index (κ2) is 8.13. The van der Waals surface area contributed by atoms with Gasteiger partial charge in [-0.3, -0.25) is 0 Å². The number of alkyl halides is 3. The van der Waals surface area contributed by atoms with Crippen molar-refractivity contribution in [1.82, 2.24) is 14.5 Å². The molecule has 0 radical (unpaired) electrons. The van der Waals surface area contributed by atoms with E-state index in [-0.39, 0.29) is 30.6 Å². The number of hydrogen-bond donors (Lipinski definition) is 0. The fourth-order valence-corrected chi connectivity index (χ4v) is 4.08. The molecule has 3 aromatic rings. The minimum absolute atomic E-state index is 0.0284. The summed E-state index contributed by atoms with van der Waals surface area (Å²) in [6.45, 7) is 2.95. The molecule has 12 heteroatoms. The maximum absolute atomic E-state index is 12.9. The van der Waals surface area contributed by atoms with Crippen molar-refractivity contribution in [3.8, 4) is 11.7 Å². The SMILES string of the molecule is C=CCN(Cc1nnc(-c2ccc(Br)o2)o1)S(=O)(=O)c1cccc(C(F)(F)F)c1. The lowest BCUT2D eigenvalue weighted by atomic mass is 10.2. The Morgan fingerprint density at radius 2 is 1.93 bits per heavy atom. The number of halogens is 4. The summed E-state index contributed by atoms with van der Waals surface area (Å²) in [5, 5.41) is 7.56. The molecule has 0 bridgehead atoms. The van der Waals surface area contributed by atoms with Crippen molar-refractivity contribution in [2.45, 2.75) is 17.6 Å². The molecular formula is C17H13BrF3N3O4S. The molecule has 1 aromatic carbocycles. The molecule has 0 unspecified atom stereocenters. The first-order chi connectivity index (χ1) is 13.6. The van der Waals surface area contributed by atoms with Crippen molar-refractivity contribution < 1.29 is 30.4 Å². The third-order valence-electron chi connectivity index (χ3n) is 3.69. The summed E-state index contributed by atoms with van der Waals surface area (Å²) in [6, 6.07) is 6.67. The first kappa shape index (κ1) is 21.3. The Morgan fingerprint density at radius 3 is 2.55 bits per heavy atom. The maximum Gasteiger partial charge on any atom is 0.416 e. The molecule has 0 atom stereocenters. The van der Waals surface area contributed by atoms with Gasteiger partial charge in [0, 0.05) is 6.54 Å². The van der Waals surface area contributed by atoms with Gasteiger partial charge in [0.2, 0.25) is 15.9 Å². The van der Waals surface area contributed by atoms with E-state index in [1.54, 1.807) is 12.1 Å². The molecule has 0 saturated heterocycles. The number of nitrogens with zero attached hydrogens (tertiary/aromatic N) is 3. The second-order valence-electron chi connectivity index (χ2n) is 5.72. The van der Waals surface area contributed by atoms with E-state index < -0.39 is 26.7 Å². The van der Waals surface area contributed by atoms with Crippen LogP contribution >= 0.6 is 15.9 Å². The highest BCUT2D eigenvalue weighted by Crippen LogP contribution is 2.31. The van der Waals surface area contributed by atoms with E-state index in [1.807, 2.05) is 0 Å². The third-order valence-corrected chi connectivity index (χ3v) is 5.93. The van der Waals surface area contributed by atoms with Gasteiger partial charge in [0.05, 0.1) is 17.0 Å². The van der Waals surface area contributed by atoms with Crippen LogP contribution in [0.3, 0.4) is 0 Å². The fourth-order valence-electron chi connectivity index (χ4n) is 2.37. The summed E-state index contributed by atoms with van der Waals surface area (Å²) in [5.74, 6) is 0.234. The Hall–Kier alpha value is -2.44. The largest absolute Gasteiger partial charge is 0.444 e. The van der Waals surface area contributed by atoms with Crippen LogP contribution in [0.1, 0.15) is 11.5 Å². The summed E-state index contributed by atoms with van der Waals surface area (Å²) < 4.78 is 76.6. The van der Waals surface area contributed by atoms with Gasteiger partial charge in [-0.1, -0.05) is 12.1 Å². The Balaban J connectivity index is 1.89. The normalized spacial score (nSPS) is 12.4. The maximum atomic E-state index is 12.9. The lowest BCUT2D eigenvalue weighted by Crippen LogP contribution is -2.31. The molecule has 2 heterocycles. The van der Waals surface area contributed by atoms with Gasteiger partial charge in [-0.05, 0) is 46.3 Å². The van der Waals surface area contributed by atoms with E-state index in [4.69, 9.17) is 8.83 Å². The van der Waals surface area contributed by atoms with Crippen LogP contribution in [0.25, 0.3) is 11.7 Å². The number of sulfonamides is 1.